The van der Waals surface area contributed by atoms with Gasteiger partial charge in [0.1, 0.15) is 5.82 Å². The van der Waals surface area contributed by atoms with Crippen molar-refractivity contribution in [3.63, 3.8) is 0 Å². The number of benzene rings is 1. The first-order valence-corrected chi connectivity index (χ1v) is 5.96. The van der Waals surface area contributed by atoms with Crippen LogP contribution >= 0.6 is 0 Å². The van der Waals surface area contributed by atoms with Gasteiger partial charge in [0.15, 0.2) is 0 Å². The molecule has 1 aromatic carbocycles. The van der Waals surface area contributed by atoms with Gasteiger partial charge < -0.3 is 16.2 Å². The fourth-order valence-electron chi connectivity index (χ4n) is 1.63. The number of nitrogens with two attached hydrogens (primary N) is 1. The molecule has 1 amide bonds. The number of aliphatic hydroxyl groups is 1. The second-order valence-corrected chi connectivity index (χ2v) is 4.26. The van der Waals surface area contributed by atoms with Crippen LogP contribution in [0.25, 0.3) is 0 Å². The Labute approximate surface area is 106 Å². The molecular formula is C13H19FN2O2. The third-order valence-corrected chi connectivity index (χ3v) is 2.95. The monoisotopic (exact) mass is 254 g/mol. The van der Waals surface area contributed by atoms with E-state index in [0.717, 1.165) is 0 Å². The van der Waals surface area contributed by atoms with E-state index in [9.17, 15) is 9.18 Å². The van der Waals surface area contributed by atoms with Gasteiger partial charge in [-0.05, 0) is 31.9 Å². The van der Waals surface area contributed by atoms with Gasteiger partial charge >= 0.3 is 0 Å². The molecule has 0 heterocycles. The summed E-state index contributed by atoms with van der Waals surface area (Å²) in [7, 11) is 0. The lowest BCUT2D eigenvalue weighted by molar-refractivity contribution is 0.0928. The van der Waals surface area contributed by atoms with Crippen LogP contribution in [0.15, 0.2) is 12.1 Å². The number of halogens is 1. The Morgan fingerprint density at radius 2 is 2.22 bits per heavy atom. The average Bonchev–Trinajstić information content (AvgIpc) is 2.34. The molecule has 0 aliphatic heterocycles. The summed E-state index contributed by atoms with van der Waals surface area (Å²) < 4.78 is 13.5. The van der Waals surface area contributed by atoms with E-state index >= 15 is 0 Å². The van der Waals surface area contributed by atoms with Crippen LogP contribution in [-0.2, 0) is 0 Å². The molecule has 0 aromatic heterocycles. The summed E-state index contributed by atoms with van der Waals surface area (Å²) in [5.74, 6) is -0.865. The van der Waals surface area contributed by atoms with E-state index in [0.29, 0.717) is 18.4 Å². The van der Waals surface area contributed by atoms with Crippen molar-refractivity contribution in [2.24, 2.45) is 0 Å². The van der Waals surface area contributed by atoms with Gasteiger partial charge in [-0.15, -0.1) is 0 Å². The van der Waals surface area contributed by atoms with Crippen LogP contribution in [0.4, 0.5) is 10.1 Å². The zero-order chi connectivity index (χ0) is 13.7. The summed E-state index contributed by atoms with van der Waals surface area (Å²) in [5.41, 5.74) is 6.42. The first-order valence-electron chi connectivity index (χ1n) is 5.96. The smallest absolute Gasteiger partial charge is 0.251 e. The normalized spacial score (nSPS) is 12.2. The molecule has 1 aromatic rings. The molecule has 1 unspecified atom stereocenters. The van der Waals surface area contributed by atoms with Crippen molar-refractivity contribution in [1.82, 2.24) is 5.32 Å². The van der Waals surface area contributed by atoms with Crippen molar-refractivity contribution < 1.29 is 14.3 Å². The fourth-order valence-corrected chi connectivity index (χ4v) is 1.63. The molecule has 0 aliphatic carbocycles. The van der Waals surface area contributed by atoms with E-state index < -0.39 is 5.82 Å². The Morgan fingerprint density at radius 3 is 2.72 bits per heavy atom. The predicted molar refractivity (Wildman–Crippen MR) is 68.8 cm³/mol. The number of rotatable bonds is 5. The molecule has 0 fully saturated rings. The van der Waals surface area contributed by atoms with Crippen LogP contribution in [-0.4, -0.2) is 23.7 Å². The fraction of sp³-hybridized carbons (Fsp3) is 0.462. The third-order valence-electron chi connectivity index (χ3n) is 2.95. The molecule has 1 atom stereocenters. The van der Waals surface area contributed by atoms with Crippen molar-refractivity contribution in [3.8, 4) is 0 Å². The summed E-state index contributed by atoms with van der Waals surface area (Å²) >= 11 is 0. The Hall–Kier alpha value is -1.62. The molecule has 0 saturated carbocycles. The van der Waals surface area contributed by atoms with E-state index in [1.807, 2.05) is 6.92 Å². The lowest BCUT2D eigenvalue weighted by Gasteiger charge is -2.16. The number of hydrogen-bond donors (Lipinski definition) is 3. The minimum atomic E-state index is -0.490. The van der Waals surface area contributed by atoms with Crippen LogP contribution in [0.3, 0.4) is 0 Å². The minimum absolute atomic E-state index is 0.00316. The van der Waals surface area contributed by atoms with Gasteiger partial charge in [-0.3, -0.25) is 4.79 Å². The summed E-state index contributed by atoms with van der Waals surface area (Å²) in [4.78, 5) is 11.9. The Kier molecular flexibility index (Phi) is 5.09. The highest BCUT2D eigenvalue weighted by atomic mass is 19.1. The number of anilines is 1. The first kappa shape index (κ1) is 14.4. The Bertz CT molecular complexity index is 412. The van der Waals surface area contributed by atoms with Gasteiger partial charge in [0.25, 0.3) is 5.91 Å². The zero-order valence-electron chi connectivity index (χ0n) is 10.7. The van der Waals surface area contributed by atoms with Crippen LogP contribution in [0, 0.1) is 12.7 Å². The molecule has 0 spiro atoms. The number of aliphatic hydroxyl groups excluding tert-OH is 1. The number of carbonyl (C=O) groups excluding carboxylic acids is 1. The van der Waals surface area contributed by atoms with Crippen molar-refractivity contribution in [2.75, 3.05) is 12.3 Å². The highest BCUT2D eigenvalue weighted by molar-refractivity contribution is 5.95. The molecule has 1 rings (SSSR count). The highest BCUT2D eigenvalue weighted by Crippen LogP contribution is 2.17. The molecule has 0 saturated heterocycles. The lowest BCUT2D eigenvalue weighted by Crippen LogP contribution is -2.35. The third kappa shape index (κ3) is 3.43. The molecular weight excluding hydrogens is 235 g/mol. The maximum atomic E-state index is 13.5. The number of hydrogen-bond acceptors (Lipinski definition) is 3. The highest BCUT2D eigenvalue weighted by Gasteiger charge is 2.14. The van der Waals surface area contributed by atoms with Crippen LogP contribution in [0.1, 0.15) is 35.7 Å². The van der Waals surface area contributed by atoms with Crippen LogP contribution in [0.5, 0.6) is 0 Å². The Balaban J connectivity index is 2.84. The first-order chi connectivity index (χ1) is 8.49. The van der Waals surface area contributed by atoms with Gasteiger partial charge in [0.2, 0.25) is 0 Å². The van der Waals surface area contributed by atoms with Crippen molar-refractivity contribution in [1.29, 1.82) is 0 Å². The van der Waals surface area contributed by atoms with Crippen molar-refractivity contribution in [2.45, 2.75) is 32.7 Å². The second kappa shape index (κ2) is 6.35. The molecule has 4 nitrogen and oxygen atoms in total. The maximum Gasteiger partial charge on any atom is 0.251 e. The van der Waals surface area contributed by atoms with Gasteiger partial charge in [-0.25, -0.2) is 4.39 Å². The maximum absolute atomic E-state index is 13.5. The van der Waals surface area contributed by atoms with Crippen molar-refractivity contribution >= 4 is 11.6 Å². The summed E-state index contributed by atoms with van der Waals surface area (Å²) in [6.45, 7) is 3.47. The Morgan fingerprint density at radius 1 is 1.56 bits per heavy atom. The summed E-state index contributed by atoms with van der Waals surface area (Å²) in [5, 5.41) is 11.6. The van der Waals surface area contributed by atoms with E-state index in [1.54, 1.807) is 6.92 Å². The van der Waals surface area contributed by atoms with E-state index in [1.165, 1.54) is 12.1 Å². The van der Waals surface area contributed by atoms with Gasteiger partial charge in [0.05, 0.1) is 0 Å². The topological polar surface area (TPSA) is 75.3 Å². The summed E-state index contributed by atoms with van der Waals surface area (Å²) in [6.07, 6.45) is 1.18. The van der Waals surface area contributed by atoms with E-state index in [-0.39, 0.29) is 29.8 Å². The molecule has 4 N–H and O–H groups in total. The average molecular weight is 254 g/mol. The van der Waals surface area contributed by atoms with E-state index in [4.69, 9.17) is 10.8 Å². The molecule has 5 heteroatoms. The SMILES string of the molecule is CCC(CCO)NC(=O)c1cc(N)c(C)c(F)c1. The molecule has 0 radical (unpaired) electrons. The second-order valence-electron chi connectivity index (χ2n) is 4.26. The number of carbonyl (C=O) groups is 1. The molecule has 100 valence electrons. The molecule has 0 bridgehead atoms. The largest absolute Gasteiger partial charge is 0.398 e. The zero-order valence-corrected chi connectivity index (χ0v) is 10.7. The van der Waals surface area contributed by atoms with Gasteiger partial charge in [-0.2, -0.15) is 0 Å². The number of nitrogen functional groups attached to an aromatic ring is 1. The van der Waals surface area contributed by atoms with E-state index in [2.05, 4.69) is 5.32 Å². The van der Waals surface area contributed by atoms with Crippen LogP contribution in [0.2, 0.25) is 0 Å². The van der Waals surface area contributed by atoms with Crippen LogP contribution < -0.4 is 11.1 Å². The number of amides is 1. The quantitative estimate of drug-likeness (QED) is 0.699. The predicted octanol–water partition coefficient (Wildman–Crippen LogP) is 1.61. The lowest BCUT2D eigenvalue weighted by atomic mass is 10.1. The van der Waals surface area contributed by atoms with Crippen molar-refractivity contribution in [3.05, 3.63) is 29.1 Å². The number of nitrogens with one attached hydrogen (secondary N) is 1. The minimum Gasteiger partial charge on any atom is -0.398 e. The summed E-state index contributed by atoms with van der Waals surface area (Å²) in [6, 6.07) is 2.51. The van der Waals surface area contributed by atoms with Gasteiger partial charge in [-0.1, -0.05) is 6.92 Å². The molecule has 18 heavy (non-hydrogen) atoms. The molecule has 0 aliphatic rings. The standard InChI is InChI=1S/C13H19FN2O2/c1-3-10(4-5-17)16-13(18)9-6-11(14)8(2)12(15)7-9/h6-7,10,17H,3-5,15H2,1-2H3,(H,16,18). The van der Waals surface area contributed by atoms with Gasteiger partial charge in [0, 0.05) is 29.5 Å².